The summed E-state index contributed by atoms with van der Waals surface area (Å²) in [5.41, 5.74) is 0. The Bertz CT molecular complexity index is 297. The summed E-state index contributed by atoms with van der Waals surface area (Å²) < 4.78 is 0. The topological polar surface area (TPSA) is 32.8 Å². The maximum Gasteiger partial charge on any atom is 0.252 e. The van der Waals surface area contributed by atoms with Gasteiger partial charge in [0.1, 0.15) is 0 Å². The summed E-state index contributed by atoms with van der Waals surface area (Å²) in [6.45, 7) is 9.47. The lowest BCUT2D eigenvalue weighted by Gasteiger charge is -2.16. The van der Waals surface area contributed by atoms with E-state index in [0.29, 0.717) is 0 Å². The molecule has 4 nitrogen and oxygen atoms in total. The van der Waals surface area contributed by atoms with Crippen LogP contribution in [0.2, 0.25) is 0 Å². The Kier molecular flexibility index (Phi) is 10.1. The zero-order chi connectivity index (χ0) is 14.7. The molecule has 0 rings (SSSR count). The van der Waals surface area contributed by atoms with Gasteiger partial charge in [-0.25, -0.2) is 5.06 Å². The Morgan fingerprint density at radius 3 is 2.42 bits per heavy atom. The van der Waals surface area contributed by atoms with Gasteiger partial charge >= 0.3 is 0 Å². The molecule has 0 N–H and O–H groups in total. The Morgan fingerprint density at radius 1 is 1.26 bits per heavy atom. The number of carbonyl (C=O) groups excluding carboxylic acids is 1. The molecule has 0 aromatic carbocycles. The van der Waals surface area contributed by atoms with Crippen molar-refractivity contribution in [3.05, 3.63) is 24.3 Å². The van der Waals surface area contributed by atoms with Crippen molar-refractivity contribution < 1.29 is 9.63 Å². The van der Waals surface area contributed by atoms with Gasteiger partial charge in [0.2, 0.25) is 0 Å². The van der Waals surface area contributed by atoms with E-state index in [-0.39, 0.29) is 11.8 Å². The normalized spacial score (nSPS) is 13.6. The fourth-order valence-corrected chi connectivity index (χ4v) is 1.66. The molecule has 110 valence electrons. The molecule has 0 aromatic rings. The van der Waals surface area contributed by atoms with Crippen LogP contribution in [0.1, 0.15) is 27.2 Å². The van der Waals surface area contributed by atoms with Gasteiger partial charge in [0.15, 0.2) is 0 Å². The van der Waals surface area contributed by atoms with Crippen LogP contribution < -0.4 is 0 Å². The third kappa shape index (κ3) is 7.80. The maximum atomic E-state index is 11.7. The molecule has 0 spiro atoms. The number of rotatable bonds is 9. The summed E-state index contributed by atoms with van der Waals surface area (Å²) in [4.78, 5) is 18.9. The van der Waals surface area contributed by atoms with Crippen molar-refractivity contribution in [3.8, 4) is 0 Å². The van der Waals surface area contributed by atoms with Gasteiger partial charge in [0.25, 0.3) is 5.91 Å². The Labute approximate surface area is 117 Å². The van der Waals surface area contributed by atoms with E-state index >= 15 is 0 Å². The van der Waals surface area contributed by atoms with Crippen molar-refractivity contribution in [1.29, 1.82) is 0 Å². The third-order valence-electron chi connectivity index (χ3n) is 3.13. The lowest BCUT2D eigenvalue weighted by Crippen LogP contribution is -2.29. The van der Waals surface area contributed by atoms with E-state index in [2.05, 4.69) is 24.8 Å². The van der Waals surface area contributed by atoms with Crippen molar-refractivity contribution in [3.63, 3.8) is 0 Å². The van der Waals surface area contributed by atoms with Crippen LogP contribution in [0, 0.1) is 5.92 Å². The van der Waals surface area contributed by atoms with Crippen LogP contribution in [0.4, 0.5) is 0 Å². The van der Waals surface area contributed by atoms with E-state index < -0.39 is 0 Å². The fourth-order valence-electron chi connectivity index (χ4n) is 1.66. The van der Waals surface area contributed by atoms with E-state index in [4.69, 9.17) is 4.84 Å². The molecule has 0 aliphatic rings. The van der Waals surface area contributed by atoms with Gasteiger partial charge in [-0.2, -0.15) is 0 Å². The van der Waals surface area contributed by atoms with Crippen LogP contribution in [0.3, 0.4) is 0 Å². The average molecular weight is 268 g/mol. The highest BCUT2D eigenvalue weighted by molar-refractivity contribution is 5.78. The first-order valence-electron chi connectivity index (χ1n) is 6.94. The molecule has 19 heavy (non-hydrogen) atoms. The molecule has 0 aliphatic heterocycles. The zero-order valence-corrected chi connectivity index (χ0v) is 12.9. The first-order valence-corrected chi connectivity index (χ1v) is 6.94. The monoisotopic (exact) mass is 268 g/mol. The molecule has 0 saturated carbocycles. The Morgan fingerprint density at radius 2 is 1.89 bits per heavy atom. The number of hydrogen-bond donors (Lipinski definition) is 0. The molecular formula is C15H28N2O2. The van der Waals surface area contributed by atoms with Crippen molar-refractivity contribution in [2.45, 2.75) is 27.2 Å². The van der Waals surface area contributed by atoms with Gasteiger partial charge in [0, 0.05) is 13.6 Å². The third-order valence-corrected chi connectivity index (χ3v) is 3.13. The van der Waals surface area contributed by atoms with Crippen LogP contribution >= 0.6 is 0 Å². The Balaban J connectivity index is 3.98. The highest BCUT2D eigenvalue weighted by Crippen LogP contribution is 2.03. The number of carbonyl (C=O) groups is 1. The minimum Gasteiger partial charge on any atom is -0.304 e. The fraction of sp³-hybridized carbons (Fsp3) is 0.667. The number of hydroxylamine groups is 2. The quantitative estimate of drug-likeness (QED) is 0.476. The predicted octanol–water partition coefficient (Wildman–Crippen LogP) is 2.49. The Hall–Kier alpha value is -1.13. The zero-order valence-electron chi connectivity index (χ0n) is 12.9. The first-order chi connectivity index (χ1) is 9.06. The molecule has 0 heterocycles. The van der Waals surface area contributed by atoms with E-state index in [9.17, 15) is 4.79 Å². The van der Waals surface area contributed by atoms with Crippen LogP contribution in [-0.2, 0) is 9.63 Å². The lowest BCUT2D eigenvalue weighted by molar-refractivity contribution is -0.171. The summed E-state index contributed by atoms with van der Waals surface area (Å²) in [5.74, 6) is -0.215. The molecule has 4 heteroatoms. The highest BCUT2D eigenvalue weighted by atomic mass is 16.7. The summed E-state index contributed by atoms with van der Waals surface area (Å²) in [6, 6.07) is 0. The van der Waals surface area contributed by atoms with Gasteiger partial charge in [-0.3, -0.25) is 9.63 Å². The molecule has 1 amide bonds. The van der Waals surface area contributed by atoms with Gasteiger partial charge in [-0.15, -0.1) is 0 Å². The predicted molar refractivity (Wildman–Crippen MR) is 79.6 cm³/mol. The molecule has 0 fully saturated rings. The second kappa shape index (κ2) is 10.8. The van der Waals surface area contributed by atoms with Crippen molar-refractivity contribution in [2.24, 2.45) is 5.92 Å². The van der Waals surface area contributed by atoms with Gasteiger partial charge in [-0.05, 0) is 26.4 Å². The van der Waals surface area contributed by atoms with Crippen LogP contribution in [0.25, 0.3) is 0 Å². The summed E-state index contributed by atoms with van der Waals surface area (Å²) in [7, 11) is 3.11. The van der Waals surface area contributed by atoms with Gasteiger partial charge in [-0.1, -0.05) is 38.2 Å². The summed E-state index contributed by atoms with van der Waals surface area (Å²) >= 11 is 0. The second-order valence-electron chi connectivity index (χ2n) is 4.44. The molecule has 0 aromatic heterocycles. The van der Waals surface area contributed by atoms with Gasteiger partial charge < -0.3 is 4.90 Å². The number of amides is 1. The minimum atomic E-state index is -0.169. The summed E-state index contributed by atoms with van der Waals surface area (Å²) in [6.07, 6.45) is 8.97. The van der Waals surface area contributed by atoms with Crippen LogP contribution in [0.15, 0.2) is 24.3 Å². The molecule has 1 atom stereocenters. The van der Waals surface area contributed by atoms with Crippen molar-refractivity contribution in [1.82, 2.24) is 9.96 Å². The van der Waals surface area contributed by atoms with E-state index in [0.717, 1.165) is 26.1 Å². The molecular weight excluding hydrogens is 240 g/mol. The number of hydrogen-bond acceptors (Lipinski definition) is 3. The smallest absolute Gasteiger partial charge is 0.252 e. The van der Waals surface area contributed by atoms with Gasteiger partial charge in [0.05, 0.1) is 13.0 Å². The van der Waals surface area contributed by atoms with Crippen molar-refractivity contribution in [2.75, 3.05) is 33.8 Å². The molecule has 0 radical (unpaired) electrons. The maximum absolute atomic E-state index is 11.7. The summed E-state index contributed by atoms with van der Waals surface area (Å²) in [5, 5.41) is 1.25. The highest BCUT2D eigenvalue weighted by Gasteiger charge is 2.13. The molecule has 1 unspecified atom stereocenters. The minimum absolute atomic E-state index is 0.0460. The van der Waals surface area contributed by atoms with Crippen molar-refractivity contribution >= 4 is 5.91 Å². The standard InChI is InChI=1S/C15H28N2O2/c1-6-17(7-2)13-11-9-8-10-12-14(3)15(18)16(4)19-5/h8-10,12,14H,6-7,11,13H2,1-5H3/b9-8+,12-10+. The van der Waals surface area contributed by atoms with Crippen LogP contribution in [-0.4, -0.2) is 49.7 Å². The van der Waals surface area contributed by atoms with E-state index in [1.54, 1.807) is 7.05 Å². The molecule has 0 saturated heterocycles. The molecule has 0 aliphatic carbocycles. The number of allylic oxidation sites excluding steroid dienone is 2. The van der Waals surface area contributed by atoms with Crippen LogP contribution in [0.5, 0.6) is 0 Å². The van der Waals surface area contributed by atoms with E-state index in [1.807, 2.05) is 25.2 Å². The molecule has 0 bridgehead atoms. The largest absolute Gasteiger partial charge is 0.304 e. The van der Waals surface area contributed by atoms with E-state index in [1.165, 1.54) is 12.2 Å². The lowest BCUT2D eigenvalue weighted by atomic mass is 10.1. The SMILES string of the molecule is CCN(CC)CC/C=C/C=C/C(C)C(=O)N(C)OC. The average Bonchev–Trinajstić information content (AvgIpc) is 2.44. The second-order valence-corrected chi connectivity index (χ2v) is 4.44. The first kappa shape index (κ1) is 17.9. The number of nitrogens with zero attached hydrogens (tertiary/aromatic N) is 2.